The van der Waals surface area contributed by atoms with Crippen molar-refractivity contribution in [3.8, 4) is 0 Å². The standard InChI is InChI=1S/C18H27N5O/c1-18(2,3)17-20-14(12-24-4)10-16(21-17)23-8-5-6-15(23)11-22-9-7-19-13-22/h7,9-10,13,15H,5-6,8,11-12H2,1-4H3. The van der Waals surface area contributed by atoms with Crippen LogP contribution in [0.25, 0.3) is 0 Å². The Bertz CT molecular complexity index is 663. The molecule has 0 bridgehead atoms. The Kier molecular flexibility index (Phi) is 4.85. The van der Waals surface area contributed by atoms with E-state index >= 15 is 0 Å². The minimum absolute atomic E-state index is 0.0852. The fourth-order valence-electron chi connectivity index (χ4n) is 3.15. The average molecular weight is 329 g/mol. The summed E-state index contributed by atoms with van der Waals surface area (Å²) in [5.41, 5.74) is 0.860. The molecule has 6 heteroatoms. The van der Waals surface area contributed by atoms with E-state index in [1.165, 1.54) is 12.8 Å². The number of hydrogen-bond acceptors (Lipinski definition) is 5. The van der Waals surface area contributed by atoms with Crippen LogP contribution in [0.4, 0.5) is 5.82 Å². The predicted molar refractivity (Wildman–Crippen MR) is 94.0 cm³/mol. The van der Waals surface area contributed by atoms with Crippen molar-refractivity contribution < 1.29 is 4.74 Å². The molecule has 1 fully saturated rings. The smallest absolute Gasteiger partial charge is 0.136 e. The van der Waals surface area contributed by atoms with Gasteiger partial charge in [-0.3, -0.25) is 0 Å². The van der Waals surface area contributed by atoms with Crippen LogP contribution in [0.1, 0.15) is 45.1 Å². The summed E-state index contributed by atoms with van der Waals surface area (Å²) >= 11 is 0. The first-order valence-electron chi connectivity index (χ1n) is 8.57. The molecule has 1 atom stereocenters. The third kappa shape index (κ3) is 3.75. The highest BCUT2D eigenvalue weighted by molar-refractivity contribution is 5.43. The van der Waals surface area contributed by atoms with Crippen LogP contribution < -0.4 is 4.90 Å². The Morgan fingerprint density at radius 3 is 2.79 bits per heavy atom. The fourth-order valence-corrected chi connectivity index (χ4v) is 3.15. The topological polar surface area (TPSA) is 56.1 Å². The number of aromatic nitrogens is 4. The van der Waals surface area contributed by atoms with Crippen molar-refractivity contribution in [3.63, 3.8) is 0 Å². The minimum atomic E-state index is -0.0852. The van der Waals surface area contributed by atoms with E-state index in [9.17, 15) is 0 Å². The number of rotatable bonds is 5. The molecule has 0 saturated carbocycles. The molecular formula is C18H27N5O. The SMILES string of the molecule is COCc1cc(N2CCCC2Cn2ccnc2)nc(C(C)(C)C)n1. The molecular weight excluding hydrogens is 302 g/mol. The van der Waals surface area contributed by atoms with E-state index in [1.807, 2.05) is 18.7 Å². The van der Waals surface area contributed by atoms with Gasteiger partial charge in [-0.05, 0) is 12.8 Å². The molecule has 2 aromatic rings. The molecule has 130 valence electrons. The van der Waals surface area contributed by atoms with Gasteiger partial charge >= 0.3 is 0 Å². The van der Waals surface area contributed by atoms with E-state index < -0.39 is 0 Å². The first kappa shape index (κ1) is 16.9. The quantitative estimate of drug-likeness (QED) is 0.844. The minimum Gasteiger partial charge on any atom is -0.378 e. The maximum Gasteiger partial charge on any atom is 0.136 e. The second-order valence-electron chi connectivity index (χ2n) is 7.47. The molecule has 0 radical (unpaired) electrons. The van der Waals surface area contributed by atoms with E-state index in [1.54, 1.807) is 7.11 Å². The van der Waals surface area contributed by atoms with Gasteiger partial charge in [0.1, 0.15) is 11.6 Å². The van der Waals surface area contributed by atoms with E-state index in [4.69, 9.17) is 9.72 Å². The number of anilines is 1. The maximum atomic E-state index is 5.30. The maximum absolute atomic E-state index is 5.30. The van der Waals surface area contributed by atoms with Gasteiger partial charge in [-0.15, -0.1) is 0 Å². The third-order valence-electron chi connectivity index (χ3n) is 4.38. The van der Waals surface area contributed by atoms with E-state index in [2.05, 4.69) is 46.3 Å². The Morgan fingerprint density at radius 2 is 2.12 bits per heavy atom. The lowest BCUT2D eigenvalue weighted by molar-refractivity contribution is 0.181. The molecule has 3 heterocycles. The van der Waals surface area contributed by atoms with Gasteiger partial charge < -0.3 is 14.2 Å². The average Bonchev–Trinajstić information content (AvgIpc) is 3.18. The second kappa shape index (κ2) is 6.89. The molecule has 6 nitrogen and oxygen atoms in total. The Balaban J connectivity index is 1.90. The lowest BCUT2D eigenvalue weighted by Crippen LogP contribution is -2.34. The molecule has 0 spiro atoms. The molecule has 0 aromatic carbocycles. The van der Waals surface area contributed by atoms with Crippen molar-refractivity contribution in [2.75, 3.05) is 18.6 Å². The summed E-state index contributed by atoms with van der Waals surface area (Å²) in [7, 11) is 1.70. The number of imidazole rings is 1. The van der Waals surface area contributed by atoms with Crippen LogP contribution in [0.15, 0.2) is 24.8 Å². The number of methoxy groups -OCH3 is 1. The van der Waals surface area contributed by atoms with Crippen LogP contribution >= 0.6 is 0 Å². The summed E-state index contributed by atoms with van der Waals surface area (Å²) in [5, 5.41) is 0. The van der Waals surface area contributed by atoms with E-state index in [0.717, 1.165) is 30.4 Å². The van der Waals surface area contributed by atoms with Gasteiger partial charge in [0.25, 0.3) is 0 Å². The molecule has 0 amide bonds. The second-order valence-corrected chi connectivity index (χ2v) is 7.47. The summed E-state index contributed by atoms with van der Waals surface area (Å²) in [5.74, 6) is 1.89. The molecule has 3 rings (SSSR count). The molecule has 0 N–H and O–H groups in total. The lowest BCUT2D eigenvalue weighted by atomic mass is 9.95. The molecule has 0 aliphatic carbocycles. The zero-order valence-electron chi connectivity index (χ0n) is 15.1. The van der Waals surface area contributed by atoms with Crippen molar-refractivity contribution in [1.82, 2.24) is 19.5 Å². The monoisotopic (exact) mass is 329 g/mol. The number of nitrogens with zero attached hydrogens (tertiary/aromatic N) is 5. The van der Waals surface area contributed by atoms with Gasteiger partial charge in [-0.25, -0.2) is 15.0 Å². The van der Waals surface area contributed by atoms with Gasteiger partial charge in [0.15, 0.2) is 0 Å². The normalized spacial score (nSPS) is 18.3. The van der Waals surface area contributed by atoms with Gasteiger partial charge in [-0.1, -0.05) is 20.8 Å². The molecule has 1 unspecified atom stereocenters. The Labute approximate surface area is 143 Å². The van der Waals surface area contributed by atoms with E-state index in [0.29, 0.717) is 12.6 Å². The highest BCUT2D eigenvalue weighted by atomic mass is 16.5. The van der Waals surface area contributed by atoms with E-state index in [-0.39, 0.29) is 5.41 Å². The van der Waals surface area contributed by atoms with Gasteiger partial charge in [0.05, 0.1) is 18.6 Å². The number of hydrogen-bond donors (Lipinski definition) is 0. The van der Waals surface area contributed by atoms with Crippen LogP contribution in [0.5, 0.6) is 0 Å². The first-order chi connectivity index (χ1) is 11.5. The number of ether oxygens (including phenoxy) is 1. The summed E-state index contributed by atoms with van der Waals surface area (Å²) in [6.45, 7) is 8.93. The zero-order chi connectivity index (χ0) is 17.2. The summed E-state index contributed by atoms with van der Waals surface area (Å²) in [6.07, 6.45) is 8.10. The van der Waals surface area contributed by atoms with Crippen LogP contribution in [0.2, 0.25) is 0 Å². The van der Waals surface area contributed by atoms with Crippen LogP contribution in [0, 0.1) is 0 Å². The van der Waals surface area contributed by atoms with Gasteiger partial charge in [0, 0.05) is 50.1 Å². The highest BCUT2D eigenvalue weighted by Gasteiger charge is 2.28. The van der Waals surface area contributed by atoms with Crippen molar-refractivity contribution in [2.24, 2.45) is 0 Å². The van der Waals surface area contributed by atoms with Crippen molar-refractivity contribution in [2.45, 2.75) is 58.2 Å². The molecule has 2 aromatic heterocycles. The van der Waals surface area contributed by atoms with Crippen LogP contribution in [0.3, 0.4) is 0 Å². The summed E-state index contributed by atoms with van der Waals surface area (Å²) in [4.78, 5) is 16.1. The third-order valence-corrected chi connectivity index (χ3v) is 4.38. The van der Waals surface area contributed by atoms with Crippen LogP contribution in [-0.2, 0) is 23.3 Å². The van der Waals surface area contributed by atoms with Crippen LogP contribution in [-0.4, -0.2) is 39.2 Å². The van der Waals surface area contributed by atoms with Gasteiger partial charge in [0.2, 0.25) is 0 Å². The lowest BCUT2D eigenvalue weighted by Gasteiger charge is -2.28. The first-order valence-corrected chi connectivity index (χ1v) is 8.57. The Morgan fingerprint density at radius 1 is 1.29 bits per heavy atom. The van der Waals surface area contributed by atoms with Gasteiger partial charge in [-0.2, -0.15) is 0 Å². The fraction of sp³-hybridized carbons (Fsp3) is 0.611. The Hall–Kier alpha value is -1.95. The molecule has 1 aliphatic rings. The van der Waals surface area contributed by atoms with Crippen molar-refractivity contribution >= 4 is 5.82 Å². The zero-order valence-corrected chi connectivity index (χ0v) is 15.1. The highest BCUT2D eigenvalue weighted by Crippen LogP contribution is 2.28. The van der Waals surface area contributed by atoms with Crippen molar-refractivity contribution in [3.05, 3.63) is 36.3 Å². The summed E-state index contributed by atoms with van der Waals surface area (Å²) < 4.78 is 7.45. The predicted octanol–water partition coefficient (Wildman–Crippen LogP) is 2.79. The molecule has 1 aliphatic heterocycles. The summed E-state index contributed by atoms with van der Waals surface area (Å²) in [6, 6.07) is 2.52. The largest absolute Gasteiger partial charge is 0.378 e. The van der Waals surface area contributed by atoms with Crippen molar-refractivity contribution in [1.29, 1.82) is 0 Å². The molecule has 1 saturated heterocycles. The molecule has 24 heavy (non-hydrogen) atoms.